The fraction of sp³-hybridized carbons (Fsp3) is 0.500. The standard InChI is InChI=1S/C26H35N3O3/c1-28-14-6-7-20-17-21(8-13-24(20)28)25(29-15-4-3-5-16-29)18-27-26(30)19-32-23-11-9-22(31-2)10-12-23/h8-13,17,25H,3-7,14-16,18-19H2,1-2H3,(H,27,30). The molecule has 0 spiro atoms. The number of likely N-dealkylation sites (tertiary alicyclic amines) is 1. The van der Waals surface area contributed by atoms with E-state index in [0.717, 1.165) is 31.8 Å². The van der Waals surface area contributed by atoms with Crippen LogP contribution >= 0.6 is 0 Å². The van der Waals surface area contributed by atoms with Gasteiger partial charge in [0.25, 0.3) is 5.91 Å². The van der Waals surface area contributed by atoms with Gasteiger partial charge >= 0.3 is 0 Å². The van der Waals surface area contributed by atoms with Gasteiger partial charge in [0.15, 0.2) is 6.61 Å². The third-order valence-corrected chi connectivity index (χ3v) is 6.59. The summed E-state index contributed by atoms with van der Waals surface area (Å²) in [6.45, 7) is 3.89. The first-order chi connectivity index (χ1) is 15.6. The second-order valence-electron chi connectivity index (χ2n) is 8.79. The van der Waals surface area contributed by atoms with E-state index in [2.05, 4.69) is 40.4 Å². The number of hydrogen-bond acceptors (Lipinski definition) is 5. The first-order valence-electron chi connectivity index (χ1n) is 11.8. The average molecular weight is 438 g/mol. The maximum atomic E-state index is 12.5. The highest BCUT2D eigenvalue weighted by molar-refractivity contribution is 5.77. The van der Waals surface area contributed by atoms with Crippen LogP contribution in [0.15, 0.2) is 42.5 Å². The maximum Gasteiger partial charge on any atom is 0.258 e. The molecule has 6 nitrogen and oxygen atoms in total. The number of ether oxygens (including phenoxy) is 2. The molecule has 0 radical (unpaired) electrons. The van der Waals surface area contributed by atoms with Crippen LogP contribution in [0.4, 0.5) is 5.69 Å². The van der Waals surface area contributed by atoms with Gasteiger partial charge in [-0.25, -0.2) is 0 Å². The Morgan fingerprint density at radius 1 is 1.00 bits per heavy atom. The largest absolute Gasteiger partial charge is 0.497 e. The van der Waals surface area contributed by atoms with Gasteiger partial charge in [-0.15, -0.1) is 0 Å². The molecule has 2 aliphatic heterocycles. The van der Waals surface area contributed by atoms with E-state index in [1.807, 2.05) is 24.3 Å². The number of nitrogens with zero attached hydrogens (tertiary/aromatic N) is 2. The Hall–Kier alpha value is -2.73. The summed E-state index contributed by atoms with van der Waals surface area (Å²) in [4.78, 5) is 17.4. The lowest BCUT2D eigenvalue weighted by Crippen LogP contribution is -2.41. The molecule has 6 heteroatoms. The van der Waals surface area contributed by atoms with Crippen molar-refractivity contribution < 1.29 is 14.3 Å². The molecule has 4 rings (SSSR count). The van der Waals surface area contributed by atoms with Crippen molar-refractivity contribution >= 4 is 11.6 Å². The molecule has 2 heterocycles. The number of fused-ring (bicyclic) bond motifs is 1. The van der Waals surface area contributed by atoms with E-state index >= 15 is 0 Å². The van der Waals surface area contributed by atoms with E-state index in [-0.39, 0.29) is 18.6 Å². The van der Waals surface area contributed by atoms with E-state index in [4.69, 9.17) is 9.47 Å². The van der Waals surface area contributed by atoms with Crippen LogP contribution in [0.3, 0.4) is 0 Å². The summed E-state index contributed by atoms with van der Waals surface area (Å²) in [5, 5.41) is 3.12. The van der Waals surface area contributed by atoms with Crippen molar-refractivity contribution in [2.24, 2.45) is 0 Å². The first kappa shape index (κ1) is 22.5. The van der Waals surface area contributed by atoms with Crippen molar-refractivity contribution in [3.05, 3.63) is 53.6 Å². The minimum atomic E-state index is -0.0967. The summed E-state index contributed by atoms with van der Waals surface area (Å²) in [6.07, 6.45) is 6.06. The van der Waals surface area contributed by atoms with Crippen LogP contribution in [0.5, 0.6) is 11.5 Å². The predicted octanol–water partition coefficient (Wildman–Crippen LogP) is 3.80. The minimum absolute atomic E-state index is 0.00797. The molecule has 0 aliphatic carbocycles. The van der Waals surface area contributed by atoms with Crippen molar-refractivity contribution in [2.45, 2.75) is 38.1 Å². The second-order valence-corrected chi connectivity index (χ2v) is 8.79. The molecule has 2 aromatic rings. The Labute approximate surface area is 191 Å². The number of nitrogens with one attached hydrogen (secondary N) is 1. The van der Waals surface area contributed by atoms with Gasteiger partial charge in [0.05, 0.1) is 13.2 Å². The third-order valence-electron chi connectivity index (χ3n) is 6.59. The number of rotatable bonds is 8. The highest BCUT2D eigenvalue weighted by Gasteiger charge is 2.24. The zero-order valence-electron chi connectivity index (χ0n) is 19.3. The molecule has 1 unspecified atom stereocenters. The van der Waals surface area contributed by atoms with Gasteiger partial charge < -0.3 is 19.7 Å². The van der Waals surface area contributed by atoms with Gasteiger partial charge in [-0.2, -0.15) is 0 Å². The summed E-state index contributed by atoms with van der Waals surface area (Å²) >= 11 is 0. The van der Waals surface area contributed by atoms with Crippen LogP contribution in [0.2, 0.25) is 0 Å². The first-order valence-corrected chi connectivity index (χ1v) is 11.8. The van der Waals surface area contributed by atoms with E-state index < -0.39 is 0 Å². The summed E-state index contributed by atoms with van der Waals surface area (Å²) in [5.41, 5.74) is 4.07. The average Bonchev–Trinajstić information content (AvgIpc) is 2.84. The van der Waals surface area contributed by atoms with E-state index in [1.54, 1.807) is 7.11 Å². The lowest BCUT2D eigenvalue weighted by atomic mass is 9.95. The monoisotopic (exact) mass is 437 g/mol. The van der Waals surface area contributed by atoms with Crippen LogP contribution in [0.25, 0.3) is 0 Å². The Kier molecular flexibility index (Phi) is 7.53. The highest BCUT2D eigenvalue weighted by Crippen LogP contribution is 2.31. The zero-order chi connectivity index (χ0) is 22.3. The Morgan fingerprint density at radius 2 is 1.75 bits per heavy atom. The predicted molar refractivity (Wildman–Crippen MR) is 128 cm³/mol. The maximum absolute atomic E-state index is 12.5. The Bertz CT molecular complexity index is 894. The molecule has 0 aromatic heterocycles. The van der Waals surface area contributed by atoms with Crippen LogP contribution in [-0.4, -0.2) is 57.8 Å². The zero-order valence-corrected chi connectivity index (χ0v) is 19.3. The topological polar surface area (TPSA) is 54.0 Å². The molecule has 1 N–H and O–H groups in total. The van der Waals surface area contributed by atoms with E-state index in [9.17, 15) is 4.79 Å². The van der Waals surface area contributed by atoms with Gasteiger partial charge in [-0.3, -0.25) is 9.69 Å². The van der Waals surface area contributed by atoms with Gasteiger partial charge in [-0.05, 0) is 80.2 Å². The summed E-state index contributed by atoms with van der Waals surface area (Å²) in [5.74, 6) is 1.33. The fourth-order valence-corrected chi connectivity index (χ4v) is 4.78. The smallest absolute Gasteiger partial charge is 0.258 e. The lowest BCUT2D eigenvalue weighted by molar-refractivity contribution is -0.123. The number of piperidine rings is 1. The van der Waals surface area contributed by atoms with Gasteiger partial charge in [0.1, 0.15) is 11.5 Å². The Morgan fingerprint density at radius 3 is 2.50 bits per heavy atom. The molecule has 172 valence electrons. The second kappa shape index (κ2) is 10.7. The molecular weight excluding hydrogens is 402 g/mol. The molecule has 0 saturated carbocycles. The van der Waals surface area contributed by atoms with Gasteiger partial charge in [0.2, 0.25) is 0 Å². The summed E-state index contributed by atoms with van der Waals surface area (Å²) < 4.78 is 10.8. The van der Waals surface area contributed by atoms with Crippen molar-refractivity contribution in [1.29, 1.82) is 0 Å². The molecule has 1 amide bonds. The lowest BCUT2D eigenvalue weighted by Gasteiger charge is -2.36. The normalized spacial score (nSPS) is 17.4. The van der Waals surface area contributed by atoms with Crippen molar-refractivity contribution in [3.8, 4) is 11.5 Å². The molecule has 1 saturated heterocycles. The number of aryl methyl sites for hydroxylation is 1. The van der Waals surface area contributed by atoms with E-state index in [1.165, 1.54) is 42.5 Å². The molecule has 2 aliphatic rings. The van der Waals surface area contributed by atoms with Crippen molar-refractivity contribution in [1.82, 2.24) is 10.2 Å². The number of amides is 1. The number of methoxy groups -OCH3 is 1. The van der Waals surface area contributed by atoms with Crippen molar-refractivity contribution in [3.63, 3.8) is 0 Å². The molecular formula is C26H35N3O3. The van der Waals surface area contributed by atoms with Gasteiger partial charge in [0, 0.05) is 25.8 Å². The fourth-order valence-electron chi connectivity index (χ4n) is 4.78. The number of carbonyl (C=O) groups excluding carboxylic acids is 1. The summed E-state index contributed by atoms with van der Waals surface area (Å²) in [7, 11) is 3.80. The van der Waals surface area contributed by atoms with Crippen LogP contribution < -0.4 is 19.7 Å². The Balaban J connectivity index is 1.40. The van der Waals surface area contributed by atoms with Crippen LogP contribution in [-0.2, 0) is 11.2 Å². The molecule has 1 atom stereocenters. The number of hydrogen-bond donors (Lipinski definition) is 1. The highest BCUT2D eigenvalue weighted by atomic mass is 16.5. The van der Waals surface area contributed by atoms with Gasteiger partial charge in [-0.1, -0.05) is 18.6 Å². The quantitative estimate of drug-likeness (QED) is 0.681. The van der Waals surface area contributed by atoms with Crippen LogP contribution in [0.1, 0.15) is 42.9 Å². The third kappa shape index (κ3) is 5.54. The number of carbonyl (C=O) groups is 1. The minimum Gasteiger partial charge on any atom is -0.497 e. The van der Waals surface area contributed by atoms with Crippen molar-refractivity contribution in [2.75, 3.05) is 51.8 Å². The molecule has 32 heavy (non-hydrogen) atoms. The number of benzene rings is 2. The SMILES string of the molecule is COc1ccc(OCC(=O)NCC(c2ccc3c(c2)CCCN3C)N2CCCCC2)cc1. The summed E-state index contributed by atoms with van der Waals surface area (Å²) in [6, 6.07) is 14.3. The molecule has 1 fully saturated rings. The molecule has 2 aromatic carbocycles. The number of anilines is 1. The molecule has 0 bridgehead atoms. The van der Waals surface area contributed by atoms with Crippen LogP contribution in [0, 0.1) is 0 Å². The van der Waals surface area contributed by atoms with E-state index in [0.29, 0.717) is 12.3 Å².